The van der Waals surface area contributed by atoms with Gasteiger partial charge in [-0.3, -0.25) is 24.3 Å². The van der Waals surface area contributed by atoms with Crippen LogP contribution in [0, 0.1) is 0 Å². The predicted octanol–water partition coefficient (Wildman–Crippen LogP) is 1.30. The third-order valence-corrected chi connectivity index (χ3v) is 4.24. The van der Waals surface area contributed by atoms with Gasteiger partial charge in [0.15, 0.2) is 0 Å². The minimum Gasteiger partial charge on any atom is -0.384 e. The van der Waals surface area contributed by atoms with E-state index in [9.17, 15) is 14.4 Å². The number of anilines is 1. The van der Waals surface area contributed by atoms with E-state index in [1.807, 2.05) is 13.8 Å². The van der Waals surface area contributed by atoms with Crippen LogP contribution in [0.5, 0.6) is 0 Å². The lowest BCUT2D eigenvalue weighted by Crippen LogP contribution is -2.24. The molecule has 4 N–H and O–H groups in total. The summed E-state index contributed by atoms with van der Waals surface area (Å²) in [6, 6.07) is 6.35. The van der Waals surface area contributed by atoms with Gasteiger partial charge in [-0.15, -0.1) is 0 Å². The van der Waals surface area contributed by atoms with Crippen molar-refractivity contribution in [2.24, 2.45) is 0 Å². The van der Waals surface area contributed by atoms with E-state index in [0.717, 1.165) is 22.9 Å². The van der Waals surface area contributed by atoms with Gasteiger partial charge in [0.2, 0.25) is 0 Å². The molecule has 8 nitrogen and oxygen atoms in total. The summed E-state index contributed by atoms with van der Waals surface area (Å²) in [6.45, 7) is 4.05. The van der Waals surface area contributed by atoms with Crippen LogP contribution in [0.4, 0.5) is 5.82 Å². The van der Waals surface area contributed by atoms with Gasteiger partial charge in [-0.05, 0) is 18.2 Å². The average Bonchev–Trinajstić information content (AvgIpc) is 3.08. The Hall–Kier alpha value is -3.42. The molecular formula is C17H15N5O3. The largest absolute Gasteiger partial charge is 0.384 e. The van der Waals surface area contributed by atoms with Gasteiger partial charge in [-0.2, -0.15) is 0 Å². The first-order chi connectivity index (χ1) is 11.9. The van der Waals surface area contributed by atoms with Crippen LogP contribution in [0.25, 0.3) is 16.7 Å². The summed E-state index contributed by atoms with van der Waals surface area (Å²) < 4.78 is 1.21. The number of nitrogens with two attached hydrogens (primary N) is 1. The lowest BCUT2D eigenvalue weighted by atomic mass is 10.1. The summed E-state index contributed by atoms with van der Waals surface area (Å²) in [7, 11) is 0. The topological polar surface area (TPSA) is 123 Å². The van der Waals surface area contributed by atoms with Crippen LogP contribution >= 0.6 is 0 Å². The lowest BCUT2D eigenvalue weighted by Gasteiger charge is -2.11. The molecule has 126 valence electrons. The van der Waals surface area contributed by atoms with Gasteiger partial charge in [-0.1, -0.05) is 13.8 Å². The summed E-state index contributed by atoms with van der Waals surface area (Å²) in [6.07, 6.45) is 0. The van der Waals surface area contributed by atoms with Crippen molar-refractivity contribution in [2.75, 3.05) is 5.73 Å². The summed E-state index contributed by atoms with van der Waals surface area (Å²) in [5, 5.41) is 2.15. The molecule has 1 aliphatic rings. The zero-order chi connectivity index (χ0) is 17.9. The van der Waals surface area contributed by atoms with E-state index in [1.54, 1.807) is 18.2 Å². The van der Waals surface area contributed by atoms with Crippen molar-refractivity contribution in [1.29, 1.82) is 0 Å². The first kappa shape index (κ1) is 15.1. The molecule has 1 aromatic carbocycles. The quantitative estimate of drug-likeness (QED) is 0.608. The van der Waals surface area contributed by atoms with Gasteiger partial charge < -0.3 is 10.7 Å². The third-order valence-electron chi connectivity index (χ3n) is 4.24. The lowest BCUT2D eigenvalue weighted by molar-refractivity contribution is 0.0880. The SMILES string of the molecule is CC(C)c1nc2ccc(-n3c(N)c4c(cc3=O)C(=O)NC4=O)cc2[nH]1. The molecule has 0 radical (unpaired) electrons. The summed E-state index contributed by atoms with van der Waals surface area (Å²) in [5.41, 5.74) is 7.61. The monoisotopic (exact) mass is 337 g/mol. The fourth-order valence-corrected chi connectivity index (χ4v) is 2.98. The fourth-order valence-electron chi connectivity index (χ4n) is 2.98. The first-order valence-corrected chi connectivity index (χ1v) is 7.78. The van der Waals surface area contributed by atoms with Crippen molar-refractivity contribution in [2.45, 2.75) is 19.8 Å². The number of H-pyrrole nitrogens is 1. The van der Waals surface area contributed by atoms with Crippen LogP contribution in [0.3, 0.4) is 0 Å². The number of aromatic amines is 1. The zero-order valence-electron chi connectivity index (χ0n) is 13.6. The van der Waals surface area contributed by atoms with Crippen LogP contribution in [0.15, 0.2) is 29.1 Å². The minimum atomic E-state index is -0.610. The molecule has 0 saturated heterocycles. The Morgan fingerprint density at radius 1 is 1.12 bits per heavy atom. The molecule has 0 unspecified atom stereocenters. The number of carbonyl (C=O) groups is 2. The molecule has 0 atom stereocenters. The third kappa shape index (κ3) is 2.14. The first-order valence-electron chi connectivity index (χ1n) is 7.78. The molecule has 3 aromatic rings. The van der Waals surface area contributed by atoms with Gasteiger partial charge in [0.25, 0.3) is 17.4 Å². The molecule has 2 amide bonds. The van der Waals surface area contributed by atoms with E-state index in [1.165, 1.54) is 4.57 Å². The number of imidazole rings is 1. The molecular weight excluding hydrogens is 322 g/mol. The Balaban J connectivity index is 1.95. The number of pyridine rings is 1. The Bertz CT molecular complexity index is 1120. The maximum Gasteiger partial charge on any atom is 0.262 e. The normalized spacial score (nSPS) is 13.6. The number of rotatable bonds is 2. The average molecular weight is 337 g/mol. The number of aromatic nitrogens is 3. The van der Waals surface area contributed by atoms with E-state index in [0.29, 0.717) is 5.69 Å². The highest BCUT2D eigenvalue weighted by Gasteiger charge is 2.31. The van der Waals surface area contributed by atoms with Gasteiger partial charge in [0.05, 0.1) is 27.8 Å². The second kappa shape index (κ2) is 5.04. The van der Waals surface area contributed by atoms with Crippen molar-refractivity contribution in [3.05, 3.63) is 51.6 Å². The number of carbonyl (C=O) groups excluding carboxylic acids is 2. The van der Waals surface area contributed by atoms with Crippen molar-refractivity contribution in [3.8, 4) is 5.69 Å². The van der Waals surface area contributed by atoms with Gasteiger partial charge in [0, 0.05) is 12.0 Å². The molecule has 2 aromatic heterocycles. The van der Waals surface area contributed by atoms with E-state index >= 15 is 0 Å². The zero-order valence-corrected chi connectivity index (χ0v) is 13.6. The second-order valence-electron chi connectivity index (χ2n) is 6.25. The van der Waals surface area contributed by atoms with Crippen molar-refractivity contribution >= 4 is 28.7 Å². The smallest absolute Gasteiger partial charge is 0.262 e. The van der Waals surface area contributed by atoms with Gasteiger partial charge in [0.1, 0.15) is 11.6 Å². The maximum atomic E-state index is 12.5. The number of nitrogens with one attached hydrogen (secondary N) is 2. The van der Waals surface area contributed by atoms with E-state index in [4.69, 9.17) is 5.73 Å². The number of hydrogen-bond donors (Lipinski definition) is 3. The molecule has 1 aliphatic heterocycles. The molecule has 0 spiro atoms. The molecule has 8 heteroatoms. The number of imide groups is 1. The van der Waals surface area contributed by atoms with Gasteiger partial charge >= 0.3 is 0 Å². The summed E-state index contributed by atoms with van der Waals surface area (Å²) >= 11 is 0. The van der Waals surface area contributed by atoms with Crippen molar-refractivity contribution in [3.63, 3.8) is 0 Å². The van der Waals surface area contributed by atoms with E-state index in [-0.39, 0.29) is 22.9 Å². The van der Waals surface area contributed by atoms with Crippen LogP contribution in [-0.2, 0) is 0 Å². The van der Waals surface area contributed by atoms with Crippen molar-refractivity contribution < 1.29 is 9.59 Å². The molecule has 4 rings (SSSR count). The Morgan fingerprint density at radius 3 is 2.60 bits per heavy atom. The number of nitrogen functional groups attached to an aromatic ring is 1. The standard InChI is InChI=1S/C17H15N5O3/c1-7(2)15-19-10-4-3-8(5-11(10)20-15)22-12(23)6-9-13(14(22)18)17(25)21-16(9)24/h3-7H,18H2,1-2H3,(H,19,20)(H,21,24,25). The Kier molecular flexibility index (Phi) is 3.05. The van der Waals surface area contributed by atoms with E-state index < -0.39 is 17.4 Å². The van der Waals surface area contributed by atoms with Crippen LogP contribution in [0.1, 0.15) is 46.3 Å². The number of hydrogen-bond acceptors (Lipinski definition) is 5. The van der Waals surface area contributed by atoms with Gasteiger partial charge in [-0.25, -0.2) is 4.98 Å². The number of nitrogens with zero attached hydrogens (tertiary/aromatic N) is 2. The highest BCUT2D eigenvalue weighted by atomic mass is 16.2. The Morgan fingerprint density at radius 2 is 1.88 bits per heavy atom. The molecule has 0 saturated carbocycles. The summed E-state index contributed by atoms with van der Waals surface area (Å²) in [4.78, 5) is 43.8. The Labute approximate surface area is 141 Å². The summed E-state index contributed by atoms with van der Waals surface area (Å²) in [5.74, 6) is -0.198. The number of amides is 2. The highest BCUT2D eigenvalue weighted by molar-refractivity contribution is 6.23. The molecule has 0 bridgehead atoms. The second-order valence-corrected chi connectivity index (χ2v) is 6.25. The van der Waals surface area contributed by atoms with Crippen molar-refractivity contribution in [1.82, 2.24) is 19.9 Å². The van der Waals surface area contributed by atoms with Crippen LogP contribution < -0.4 is 16.6 Å². The van der Waals surface area contributed by atoms with E-state index in [2.05, 4.69) is 15.3 Å². The fraction of sp³-hybridized carbons (Fsp3) is 0.176. The molecule has 0 aliphatic carbocycles. The maximum absolute atomic E-state index is 12.5. The molecule has 3 heterocycles. The highest BCUT2D eigenvalue weighted by Crippen LogP contribution is 2.25. The predicted molar refractivity (Wildman–Crippen MR) is 92.0 cm³/mol. The van der Waals surface area contributed by atoms with Crippen LogP contribution in [0.2, 0.25) is 0 Å². The van der Waals surface area contributed by atoms with Crippen LogP contribution in [-0.4, -0.2) is 26.3 Å². The molecule has 25 heavy (non-hydrogen) atoms. The number of benzene rings is 1. The minimum absolute atomic E-state index is 0.00784. The number of fused-ring (bicyclic) bond motifs is 2. The molecule has 0 fully saturated rings.